The third-order valence-electron chi connectivity index (χ3n) is 1.12. The molecule has 1 aromatic rings. The standard InChI is InChI=1S/C7H7NO2.C2H6/c8-10-7(9)6-4-2-1-3-5-6;1-2/h1-5H,8H2;1-2H3. The molecule has 0 bridgehead atoms. The molecule has 0 saturated carbocycles. The van der Waals surface area contributed by atoms with Crippen molar-refractivity contribution >= 4 is 5.97 Å². The van der Waals surface area contributed by atoms with Crippen LogP contribution in [0.4, 0.5) is 0 Å². The van der Waals surface area contributed by atoms with Gasteiger partial charge in [0, 0.05) is 0 Å². The lowest BCUT2D eigenvalue weighted by atomic mass is 10.2. The molecule has 0 heterocycles. The molecule has 66 valence electrons. The van der Waals surface area contributed by atoms with Crippen LogP contribution in [0.3, 0.4) is 0 Å². The highest BCUT2D eigenvalue weighted by Gasteiger charge is 2.01. The highest BCUT2D eigenvalue weighted by atomic mass is 16.7. The van der Waals surface area contributed by atoms with Gasteiger partial charge in [0.2, 0.25) is 0 Å². The quantitative estimate of drug-likeness (QED) is 0.648. The zero-order chi connectivity index (χ0) is 9.40. The second kappa shape index (κ2) is 6.37. The number of benzene rings is 1. The molecule has 1 aromatic carbocycles. The molecule has 0 fully saturated rings. The summed E-state index contributed by atoms with van der Waals surface area (Å²) in [7, 11) is 0. The molecule has 0 aromatic heterocycles. The van der Waals surface area contributed by atoms with Crippen molar-refractivity contribution in [2.45, 2.75) is 13.8 Å². The zero-order valence-corrected chi connectivity index (χ0v) is 7.28. The smallest absolute Gasteiger partial charge is 0.356 e. The van der Waals surface area contributed by atoms with E-state index in [9.17, 15) is 4.79 Å². The molecule has 0 spiro atoms. The van der Waals surface area contributed by atoms with Crippen LogP contribution in [-0.2, 0) is 4.84 Å². The first-order valence-corrected chi connectivity index (χ1v) is 3.80. The lowest BCUT2D eigenvalue weighted by molar-refractivity contribution is 0.0503. The summed E-state index contributed by atoms with van der Waals surface area (Å²) in [6.07, 6.45) is 0. The molecule has 0 aliphatic carbocycles. The van der Waals surface area contributed by atoms with Gasteiger partial charge in [-0.2, -0.15) is 5.90 Å². The average molecular weight is 167 g/mol. The van der Waals surface area contributed by atoms with E-state index in [-0.39, 0.29) is 0 Å². The Labute approximate surface area is 72.1 Å². The van der Waals surface area contributed by atoms with Crippen LogP contribution in [-0.4, -0.2) is 5.97 Å². The molecular weight excluding hydrogens is 154 g/mol. The molecule has 12 heavy (non-hydrogen) atoms. The molecule has 0 saturated heterocycles. The number of hydrogen-bond donors (Lipinski definition) is 1. The highest BCUT2D eigenvalue weighted by molar-refractivity contribution is 5.88. The molecule has 2 N–H and O–H groups in total. The van der Waals surface area contributed by atoms with E-state index in [2.05, 4.69) is 10.7 Å². The number of hydrogen-bond acceptors (Lipinski definition) is 3. The van der Waals surface area contributed by atoms with Crippen molar-refractivity contribution in [1.82, 2.24) is 0 Å². The maximum absolute atomic E-state index is 10.7. The molecule has 0 aliphatic rings. The fourth-order valence-corrected chi connectivity index (χ4v) is 0.642. The van der Waals surface area contributed by atoms with E-state index >= 15 is 0 Å². The SMILES string of the molecule is CC.NOC(=O)c1ccccc1. The van der Waals surface area contributed by atoms with Gasteiger partial charge in [0.25, 0.3) is 0 Å². The van der Waals surface area contributed by atoms with Crippen molar-refractivity contribution in [3.8, 4) is 0 Å². The molecule has 0 aliphatic heterocycles. The largest absolute Gasteiger partial charge is 0.370 e. The van der Waals surface area contributed by atoms with E-state index in [0.29, 0.717) is 5.56 Å². The predicted molar refractivity (Wildman–Crippen MR) is 47.4 cm³/mol. The Kier molecular flexibility index (Phi) is 5.65. The van der Waals surface area contributed by atoms with E-state index in [0.717, 1.165) is 0 Å². The van der Waals surface area contributed by atoms with Gasteiger partial charge in [-0.15, -0.1) is 0 Å². The molecule has 0 atom stereocenters. The van der Waals surface area contributed by atoms with E-state index in [4.69, 9.17) is 0 Å². The summed E-state index contributed by atoms with van der Waals surface area (Å²) < 4.78 is 0. The Morgan fingerprint density at radius 3 is 2.17 bits per heavy atom. The fourth-order valence-electron chi connectivity index (χ4n) is 0.642. The minimum atomic E-state index is -0.513. The van der Waals surface area contributed by atoms with E-state index in [1.807, 2.05) is 19.9 Å². The van der Waals surface area contributed by atoms with Crippen molar-refractivity contribution in [3.63, 3.8) is 0 Å². The van der Waals surface area contributed by atoms with Crippen LogP contribution in [0.5, 0.6) is 0 Å². The molecule has 0 unspecified atom stereocenters. The molecule has 1 rings (SSSR count). The Balaban J connectivity index is 0.000000561. The van der Waals surface area contributed by atoms with Gasteiger partial charge in [-0.25, -0.2) is 4.79 Å². The molecule has 0 amide bonds. The Hall–Kier alpha value is -1.35. The summed E-state index contributed by atoms with van der Waals surface area (Å²) in [6.45, 7) is 4.00. The summed E-state index contributed by atoms with van der Waals surface area (Å²) in [4.78, 5) is 14.7. The second-order valence-corrected chi connectivity index (χ2v) is 1.77. The van der Waals surface area contributed by atoms with Crippen LogP contribution in [0.25, 0.3) is 0 Å². The van der Waals surface area contributed by atoms with E-state index in [1.165, 1.54) is 0 Å². The summed E-state index contributed by atoms with van der Waals surface area (Å²) in [6, 6.07) is 8.57. The Bertz CT molecular complexity index is 221. The topological polar surface area (TPSA) is 52.3 Å². The number of nitrogens with two attached hydrogens (primary N) is 1. The van der Waals surface area contributed by atoms with Crippen molar-refractivity contribution in [1.29, 1.82) is 0 Å². The number of carbonyl (C=O) groups excluding carboxylic acids is 1. The summed E-state index contributed by atoms with van der Waals surface area (Å²) in [5.41, 5.74) is 0.463. The van der Waals surface area contributed by atoms with Gasteiger partial charge in [-0.1, -0.05) is 32.0 Å². The van der Waals surface area contributed by atoms with Crippen molar-refractivity contribution in [2.75, 3.05) is 0 Å². The van der Waals surface area contributed by atoms with Crippen molar-refractivity contribution in [2.24, 2.45) is 5.90 Å². The van der Waals surface area contributed by atoms with Gasteiger partial charge >= 0.3 is 5.97 Å². The Morgan fingerprint density at radius 1 is 1.25 bits per heavy atom. The monoisotopic (exact) mass is 167 g/mol. The van der Waals surface area contributed by atoms with Crippen LogP contribution < -0.4 is 5.90 Å². The Morgan fingerprint density at radius 2 is 1.75 bits per heavy atom. The van der Waals surface area contributed by atoms with Crippen molar-refractivity contribution < 1.29 is 9.63 Å². The predicted octanol–water partition coefficient (Wildman–Crippen LogP) is 1.74. The first-order valence-electron chi connectivity index (χ1n) is 3.80. The van der Waals surface area contributed by atoms with Gasteiger partial charge in [-0.3, -0.25) is 0 Å². The summed E-state index contributed by atoms with van der Waals surface area (Å²) in [5, 5.41) is 0. The first kappa shape index (κ1) is 10.7. The second-order valence-electron chi connectivity index (χ2n) is 1.77. The minimum absolute atomic E-state index is 0.463. The zero-order valence-electron chi connectivity index (χ0n) is 7.28. The van der Waals surface area contributed by atoms with Crippen molar-refractivity contribution in [3.05, 3.63) is 35.9 Å². The maximum Gasteiger partial charge on any atom is 0.356 e. The van der Waals surface area contributed by atoms with Gasteiger partial charge in [0.05, 0.1) is 5.56 Å². The molecule has 3 nitrogen and oxygen atoms in total. The van der Waals surface area contributed by atoms with Gasteiger partial charge < -0.3 is 4.84 Å². The first-order chi connectivity index (χ1) is 5.84. The lowest BCUT2D eigenvalue weighted by Crippen LogP contribution is -2.09. The molecule has 0 radical (unpaired) electrons. The molecular formula is C9H13NO2. The third kappa shape index (κ3) is 3.16. The van der Waals surface area contributed by atoms with Crippen LogP contribution in [0.1, 0.15) is 24.2 Å². The average Bonchev–Trinajstić information content (AvgIpc) is 2.21. The van der Waals surface area contributed by atoms with Crippen LogP contribution in [0, 0.1) is 0 Å². The highest BCUT2D eigenvalue weighted by Crippen LogP contribution is 1.98. The fraction of sp³-hybridized carbons (Fsp3) is 0.222. The van der Waals surface area contributed by atoms with E-state index < -0.39 is 5.97 Å². The number of carbonyl (C=O) groups is 1. The lowest BCUT2D eigenvalue weighted by Gasteiger charge is -1.94. The summed E-state index contributed by atoms with van der Waals surface area (Å²) in [5.74, 6) is 4.14. The van der Waals surface area contributed by atoms with Gasteiger partial charge in [0.1, 0.15) is 0 Å². The maximum atomic E-state index is 10.7. The number of rotatable bonds is 1. The third-order valence-corrected chi connectivity index (χ3v) is 1.12. The van der Waals surface area contributed by atoms with E-state index in [1.54, 1.807) is 24.3 Å². The van der Waals surface area contributed by atoms with Gasteiger partial charge in [0.15, 0.2) is 0 Å². The van der Waals surface area contributed by atoms with Crippen LogP contribution in [0.2, 0.25) is 0 Å². The van der Waals surface area contributed by atoms with Crippen LogP contribution >= 0.6 is 0 Å². The van der Waals surface area contributed by atoms with Gasteiger partial charge in [-0.05, 0) is 12.1 Å². The minimum Gasteiger partial charge on any atom is -0.370 e. The van der Waals surface area contributed by atoms with Crippen LogP contribution in [0.15, 0.2) is 30.3 Å². The summed E-state index contributed by atoms with van der Waals surface area (Å²) >= 11 is 0. The normalized spacial score (nSPS) is 7.92. The molecule has 3 heteroatoms.